The number of carbonyl (C=O) groups is 1. The molecule has 132 valence electrons. The molecule has 0 unspecified atom stereocenters. The van der Waals surface area contributed by atoms with Crippen molar-refractivity contribution < 1.29 is 13.9 Å². The molecule has 8 heteroatoms. The first-order chi connectivity index (χ1) is 13.3. The minimum absolute atomic E-state index is 0.303. The highest BCUT2D eigenvalue weighted by Crippen LogP contribution is 2.25. The number of anilines is 1. The van der Waals surface area contributed by atoms with E-state index in [0.29, 0.717) is 34.4 Å². The number of benzene rings is 1. The molecule has 3 aromatic heterocycles. The zero-order chi connectivity index (χ0) is 18.5. The quantitative estimate of drug-likeness (QED) is 0.581. The van der Waals surface area contributed by atoms with Gasteiger partial charge in [-0.05, 0) is 24.3 Å². The third-order valence-corrected chi connectivity index (χ3v) is 3.55. The topological polar surface area (TPSA) is 103 Å². The summed E-state index contributed by atoms with van der Waals surface area (Å²) >= 11 is 0. The molecule has 1 amide bonds. The number of ether oxygens (including phenoxy) is 1. The number of hydrogen-bond acceptors (Lipinski definition) is 7. The predicted octanol–water partition coefficient (Wildman–Crippen LogP) is 3.57. The van der Waals surface area contributed by atoms with E-state index in [1.54, 1.807) is 54.7 Å². The maximum atomic E-state index is 12.2. The Morgan fingerprint density at radius 3 is 2.74 bits per heavy atom. The molecule has 0 atom stereocenters. The summed E-state index contributed by atoms with van der Waals surface area (Å²) in [6.07, 6.45) is 5.76. The van der Waals surface area contributed by atoms with E-state index in [9.17, 15) is 4.79 Å². The second-order valence-corrected chi connectivity index (χ2v) is 5.41. The van der Waals surface area contributed by atoms with Gasteiger partial charge < -0.3 is 14.5 Å². The van der Waals surface area contributed by atoms with Crippen LogP contribution in [0.5, 0.6) is 11.6 Å². The summed E-state index contributed by atoms with van der Waals surface area (Å²) in [5.41, 5.74) is 2.07. The van der Waals surface area contributed by atoms with Crippen molar-refractivity contribution in [3.05, 3.63) is 79.4 Å². The molecule has 1 N–H and O–H groups in total. The number of rotatable bonds is 5. The lowest BCUT2D eigenvalue weighted by Gasteiger charge is -2.08. The van der Waals surface area contributed by atoms with Crippen LogP contribution in [0.2, 0.25) is 0 Å². The third-order valence-electron chi connectivity index (χ3n) is 3.55. The van der Waals surface area contributed by atoms with Gasteiger partial charge in [-0.1, -0.05) is 12.1 Å². The molecule has 0 aliphatic carbocycles. The van der Waals surface area contributed by atoms with E-state index in [1.165, 1.54) is 19.0 Å². The zero-order valence-corrected chi connectivity index (χ0v) is 13.9. The lowest BCUT2D eigenvalue weighted by Crippen LogP contribution is -2.13. The number of oxazole rings is 1. The van der Waals surface area contributed by atoms with Gasteiger partial charge in [-0.25, -0.2) is 15.0 Å². The summed E-state index contributed by atoms with van der Waals surface area (Å²) in [5, 5.41) is 2.78. The Hall–Kier alpha value is -4.07. The van der Waals surface area contributed by atoms with E-state index in [1.807, 2.05) is 0 Å². The normalized spacial score (nSPS) is 10.4. The first kappa shape index (κ1) is 16.4. The van der Waals surface area contributed by atoms with Gasteiger partial charge in [0.25, 0.3) is 5.91 Å². The van der Waals surface area contributed by atoms with E-state index in [2.05, 4.69) is 25.3 Å². The lowest BCUT2D eigenvalue weighted by molar-refractivity contribution is 0.102. The van der Waals surface area contributed by atoms with Gasteiger partial charge in [0.15, 0.2) is 6.39 Å². The molecule has 0 aliphatic heterocycles. The van der Waals surface area contributed by atoms with Crippen LogP contribution in [0.4, 0.5) is 5.69 Å². The SMILES string of the molecule is O=C(Nc1cccc(Oc2cc(-c3cocn3)ncn2)c1)c1ccccn1. The summed E-state index contributed by atoms with van der Waals surface area (Å²) in [5.74, 6) is 0.554. The largest absolute Gasteiger partial charge is 0.451 e. The monoisotopic (exact) mass is 359 g/mol. The van der Waals surface area contributed by atoms with Crippen LogP contribution in [-0.2, 0) is 0 Å². The summed E-state index contributed by atoms with van der Waals surface area (Å²) in [6, 6.07) is 13.8. The van der Waals surface area contributed by atoms with E-state index >= 15 is 0 Å². The maximum absolute atomic E-state index is 12.2. The predicted molar refractivity (Wildman–Crippen MR) is 96.2 cm³/mol. The average molecular weight is 359 g/mol. The van der Waals surface area contributed by atoms with Crippen LogP contribution in [0.3, 0.4) is 0 Å². The molecule has 0 bridgehead atoms. The minimum atomic E-state index is -0.303. The van der Waals surface area contributed by atoms with Crippen molar-refractivity contribution in [1.29, 1.82) is 0 Å². The van der Waals surface area contributed by atoms with Gasteiger partial charge in [-0.2, -0.15) is 0 Å². The molecular weight excluding hydrogens is 346 g/mol. The minimum Gasteiger partial charge on any atom is -0.451 e. The van der Waals surface area contributed by atoms with Crippen molar-refractivity contribution in [3.63, 3.8) is 0 Å². The number of amides is 1. The molecule has 1 aromatic carbocycles. The Morgan fingerprint density at radius 2 is 1.93 bits per heavy atom. The second kappa shape index (κ2) is 7.44. The van der Waals surface area contributed by atoms with Crippen LogP contribution < -0.4 is 10.1 Å². The van der Waals surface area contributed by atoms with Gasteiger partial charge in [0.05, 0.1) is 5.69 Å². The van der Waals surface area contributed by atoms with Crippen LogP contribution in [0.25, 0.3) is 11.4 Å². The van der Waals surface area contributed by atoms with E-state index in [0.717, 1.165) is 0 Å². The van der Waals surface area contributed by atoms with Crippen LogP contribution >= 0.6 is 0 Å². The van der Waals surface area contributed by atoms with Crippen LogP contribution in [-0.4, -0.2) is 25.8 Å². The fourth-order valence-corrected chi connectivity index (χ4v) is 2.32. The van der Waals surface area contributed by atoms with Crippen molar-refractivity contribution >= 4 is 11.6 Å². The van der Waals surface area contributed by atoms with Gasteiger partial charge in [0, 0.05) is 24.0 Å². The second-order valence-electron chi connectivity index (χ2n) is 5.41. The number of aromatic nitrogens is 4. The Kier molecular flexibility index (Phi) is 4.52. The fraction of sp³-hybridized carbons (Fsp3) is 0. The summed E-state index contributed by atoms with van der Waals surface area (Å²) < 4.78 is 10.7. The molecule has 0 aliphatic rings. The van der Waals surface area contributed by atoms with E-state index in [4.69, 9.17) is 9.15 Å². The standard InChI is InChI=1S/C19H13N5O3/c25-19(15-6-1-2-7-20-15)24-13-4-3-5-14(8-13)27-18-9-16(21-11-22-18)17-10-26-12-23-17/h1-12H,(H,24,25). The van der Waals surface area contributed by atoms with Gasteiger partial charge in [-0.15, -0.1) is 0 Å². The highest BCUT2D eigenvalue weighted by atomic mass is 16.5. The summed E-state index contributed by atoms with van der Waals surface area (Å²) in [6.45, 7) is 0. The summed E-state index contributed by atoms with van der Waals surface area (Å²) in [7, 11) is 0. The molecular formula is C19H13N5O3. The highest BCUT2D eigenvalue weighted by molar-refractivity contribution is 6.02. The number of nitrogens with zero attached hydrogens (tertiary/aromatic N) is 4. The van der Waals surface area contributed by atoms with Gasteiger partial charge in [0.1, 0.15) is 29.7 Å². The molecule has 27 heavy (non-hydrogen) atoms. The van der Waals surface area contributed by atoms with Crippen molar-refractivity contribution in [2.75, 3.05) is 5.32 Å². The zero-order valence-electron chi connectivity index (χ0n) is 13.9. The van der Waals surface area contributed by atoms with E-state index < -0.39 is 0 Å². The molecule has 4 aromatic rings. The van der Waals surface area contributed by atoms with Gasteiger partial charge >= 0.3 is 0 Å². The number of carbonyl (C=O) groups excluding carboxylic acids is 1. The van der Waals surface area contributed by atoms with Crippen LogP contribution in [0.15, 0.2) is 78.1 Å². The van der Waals surface area contributed by atoms with Crippen LogP contribution in [0.1, 0.15) is 10.5 Å². The van der Waals surface area contributed by atoms with Gasteiger partial charge in [0.2, 0.25) is 5.88 Å². The van der Waals surface area contributed by atoms with Crippen molar-refractivity contribution in [2.45, 2.75) is 0 Å². The Balaban J connectivity index is 1.50. The molecule has 0 saturated heterocycles. The highest BCUT2D eigenvalue weighted by Gasteiger charge is 2.09. The first-order valence-corrected chi connectivity index (χ1v) is 7.99. The van der Waals surface area contributed by atoms with Crippen molar-refractivity contribution in [1.82, 2.24) is 19.9 Å². The Morgan fingerprint density at radius 1 is 0.963 bits per heavy atom. The number of nitrogens with one attached hydrogen (secondary N) is 1. The first-order valence-electron chi connectivity index (χ1n) is 7.99. The lowest BCUT2D eigenvalue weighted by atomic mass is 10.2. The Bertz CT molecular complexity index is 1050. The van der Waals surface area contributed by atoms with E-state index in [-0.39, 0.29) is 5.91 Å². The molecule has 3 heterocycles. The smallest absolute Gasteiger partial charge is 0.274 e. The third kappa shape index (κ3) is 3.96. The molecule has 8 nitrogen and oxygen atoms in total. The van der Waals surface area contributed by atoms with Crippen molar-refractivity contribution in [3.8, 4) is 23.0 Å². The molecule has 0 saturated carbocycles. The van der Waals surface area contributed by atoms with Crippen LogP contribution in [0, 0.1) is 0 Å². The summed E-state index contributed by atoms with van der Waals surface area (Å²) in [4.78, 5) is 28.5. The molecule has 0 radical (unpaired) electrons. The maximum Gasteiger partial charge on any atom is 0.274 e. The molecule has 4 rings (SSSR count). The van der Waals surface area contributed by atoms with Gasteiger partial charge in [-0.3, -0.25) is 9.78 Å². The Labute approximate surface area is 153 Å². The molecule has 0 fully saturated rings. The van der Waals surface area contributed by atoms with Crippen molar-refractivity contribution in [2.24, 2.45) is 0 Å². The number of pyridine rings is 1. The molecule has 0 spiro atoms. The number of hydrogen-bond donors (Lipinski definition) is 1. The average Bonchev–Trinajstić information content (AvgIpc) is 3.24. The fourth-order valence-electron chi connectivity index (χ4n) is 2.32.